The quantitative estimate of drug-likeness (QED) is 0.669. The van der Waals surface area contributed by atoms with Crippen molar-refractivity contribution >= 4 is 22.0 Å². The number of sulfone groups is 1. The molecule has 0 saturated heterocycles. The Hall–Kier alpha value is -2.67. The van der Waals surface area contributed by atoms with E-state index in [-0.39, 0.29) is 4.90 Å². The van der Waals surface area contributed by atoms with Gasteiger partial charge in [0, 0.05) is 17.4 Å². The van der Waals surface area contributed by atoms with Crippen LogP contribution in [-0.4, -0.2) is 33.9 Å². The highest BCUT2D eigenvalue weighted by atomic mass is 32.2. The minimum atomic E-state index is -3.28. The molecule has 23 heavy (non-hydrogen) atoms. The third kappa shape index (κ3) is 4.40. The van der Waals surface area contributed by atoms with Crippen LogP contribution in [-0.2, 0) is 9.84 Å². The van der Waals surface area contributed by atoms with Crippen molar-refractivity contribution in [2.45, 2.75) is 4.90 Å². The molecule has 0 heterocycles. The highest BCUT2D eigenvalue weighted by molar-refractivity contribution is 7.90. The van der Waals surface area contributed by atoms with Crippen molar-refractivity contribution in [2.24, 2.45) is 5.10 Å². The normalized spacial score (nSPS) is 11.4. The average Bonchev–Trinajstić information content (AvgIpc) is 2.54. The van der Waals surface area contributed by atoms with Crippen molar-refractivity contribution in [2.75, 3.05) is 13.4 Å². The summed E-state index contributed by atoms with van der Waals surface area (Å²) in [5, 5.41) is 3.87. The molecule has 0 saturated carbocycles. The van der Waals surface area contributed by atoms with Gasteiger partial charge in [0.25, 0.3) is 5.91 Å². The lowest BCUT2D eigenvalue weighted by Crippen LogP contribution is -2.17. The molecule has 0 aliphatic rings. The Kier molecular flexibility index (Phi) is 5.13. The second-order valence-electron chi connectivity index (χ2n) is 4.74. The van der Waals surface area contributed by atoms with Gasteiger partial charge in [-0.1, -0.05) is 12.1 Å². The van der Waals surface area contributed by atoms with E-state index in [1.807, 2.05) is 12.1 Å². The van der Waals surface area contributed by atoms with Crippen LogP contribution in [0.25, 0.3) is 0 Å². The van der Waals surface area contributed by atoms with Crippen molar-refractivity contribution in [1.29, 1.82) is 0 Å². The van der Waals surface area contributed by atoms with Crippen LogP contribution in [0, 0.1) is 0 Å². The van der Waals surface area contributed by atoms with Gasteiger partial charge < -0.3 is 4.74 Å². The number of benzene rings is 2. The Balaban J connectivity index is 2.06. The lowest BCUT2D eigenvalue weighted by molar-refractivity contribution is 0.0955. The standard InChI is InChI=1S/C16H16N2O4S/c1-22-15-6-4-3-5-13(15)11-17-18-16(19)12-7-9-14(10-8-12)23(2,20)21/h3-11H,1-2H3,(H,18,19)/b17-11+. The molecule has 0 radical (unpaired) electrons. The van der Waals surface area contributed by atoms with E-state index < -0.39 is 15.7 Å². The molecule has 0 atom stereocenters. The summed E-state index contributed by atoms with van der Waals surface area (Å²) < 4.78 is 27.9. The van der Waals surface area contributed by atoms with E-state index in [0.717, 1.165) is 11.8 Å². The number of amides is 1. The molecule has 1 amide bonds. The third-order valence-electron chi connectivity index (χ3n) is 3.05. The highest BCUT2D eigenvalue weighted by Gasteiger charge is 2.09. The molecule has 2 aromatic rings. The number of ether oxygens (including phenoxy) is 1. The number of nitrogens with zero attached hydrogens (tertiary/aromatic N) is 1. The fourth-order valence-corrected chi connectivity index (χ4v) is 2.48. The molecule has 0 spiro atoms. The smallest absolute Gasteiger partial charge is 0.271 e. The molecular formula is C16H16N2O4S. The van der Waals surface area contributed by atoms with E-state index in [1.54, 1.807) is 19.2 Å². The summed E-state index contributed by atoms with van der Waals surface area (Å²) in [5.74, 6) is 0.208. The number of hydrazone groups is 1. The fourth-order valence-electron chi connectivity index (χ4n) is 1.85. The van der Waals surface area contributed by atoms with Crippen LogP contribution in [0.5, 0.6) is 5.75 Å². The van der Waals surface area contributed by atoms with Gasteiger partial charge in [0.15, 0.2) is 9.84 Å². The molecule has 120 valence electrons. The van der Waals surface area contributed by atoms with E-state index in [0.29, 0.717) is 11.3 Å². The summed E-state index contributed by atoms with van der Waals surface area (Å²) in [7, 11) is -1.73. The molecule has 6 nitrogen and oxygen atoms in total. The number of para-hydroxylation sites is 1. The van der Waals surface area contributed by atoms with Gasteiger partial charge >= 0.3 is 0 Å². The zero-order valence-corrected chi connectivity index (χ0v) is 13.5. The summed E-state index contributed by atoms with van der Waals surface area (Å²) in [6, 6.07) is 12.9. The molecular weight excluding hydrogens is 316 g/mol. The summed E-state index contributed by atoms with van der Waals surface area (Å²) in [5.41, 5.74) is 3.42. The molecule has 1 N–H and O–H groups in total. The maximum Gasteiger partial charge on any atom is 0.271 e. The predicted octanol–water partition coefficient (Wildman–Crippen LogP) is 1.86. The number of nitrogens with one attached hydrogen (secondary N) is 1. The first-order chi connectivity index (χ1) is 10.9. The predicted molar refractivity (Wildman–Crippen MR) is 87.6 cm³/mol. The number of carbonyl (C=O) groups excluding carboxylic acids is 1. The van der Waals surface area contributed by atoms with Gasteiger partial charge in [-0.3, -0.25) is 4.79 Å². The minimum absolute atomic E-state index is 0.159. The SMILES string of the molecule is COc1ccccc1/C=N/NC(=O)c1ccc(S(C)(=O)=O)cc1. The van der Waals surface area contributed by atoms with Crippen LogP contribution in [0.2, 0.25) is 0 Å². The number of hydrogen-bond donors (Lipinski definition) is 1. The van der Waals surface area contributed by atoms with Crippen LogP contribution in [0.15, 0.2) is 58.5 Å². The maximum atomic E-state index is 11.9. The molecule has 0 bridgehead atoms. The maximum absolute atomic E-state index is 11.9. The van der Waals surface area contributed by atoms with Crippen LogP contribution in [0.4, 0.5) is 0 Å². The highest BCUT2D eigenvalue weighted by Crippen LogP contribution is 2.14. The van der Waals surface area contributed by atoms with Gasteiger partial charge in [-0.15, -0.1) is 0 Å². The summed E-state index contributed by atoms with van der Waals surface area (Å²) >= 11 is 0. The first-order valence-electron chi connectivity index (χ1n) is 6.68. The minimum Gasteiger partial charge on any atom is -0.496 e. The Labute approximate surface area is 134 Å². The van der Waals surface area contributed by atoms with Gasteiger partial charge in [-0.2, -0.15) is 5.10 Å². The molecule has 0 fully saturated rings. The Bertz CT molecular complexity index is 827. The zero-order valence-electron chi connectivity index (χ0n) is 12.7. The Morgan fingerprint density at radius 3 is 2.39 bits per heavy atom. The van der Waals surface area contributed by atoms with Gasteiger partial charge in [0.2, 0.25) is 0 Å². The second-order valence-corrected chi connectivity index (χ2v) is 6.75. The monoisotopic (exact) mass is 332 g/mol. The molecule has 7 heteroatoms. The van der Waals surface area contributed by atoms with Crippen molar-refractivity contribution in [3.8, 4) is 5.75 Å². The summed E-state index contributed by atoms with van der Waals surface area (Å²) in [6.45, 7) is 0. The largest absolute Gasteiger partial charge is 0.496 e. The Morgan fingerprint density at radius 2 is 1.78 bits per heavy atom. The third-order valence-corrected chi connectivity index (χ3v) is 4.18. The molecule has 2 aromatic carbocycles. The van der Waals surface area contributed by atoms with Crippen LogP contribution in [0.3, 0.4) is 0 Å². The van der Waals surface area contributed by atoms with Crippen molar-refractivity contribution < 1.29 is 17.9 Å². The van der Waals surface area contributed by atoms with Gasteiger partial charge in [-0.25, -0.2) is 13.8 Å². The Morgan fingerprint density at radius 1 is 1.13 bits per heavy atom. The van der Waals surface area contributed by atoms with E-state index in [2.05, 4.69) is 10.5 Å². The lowest BCUT2D eigenvalue weighted by atomic mass is 10.2. The van der Waals surface area contributed by atoms with Crippen LogP contribution in [0.1, 0.15) is 15.9 Å². The van der Waals surface area contributed by atoms with Gasteiger partial charge in [0.1, 0.15) is 5.75 Å². The number of methoxy groups -OCH3 is 1. The van der Waals surface area contributed by atoms with E-state index >= 15 is 0 Å². The fraction of sp³-hybridized carbons (Fsp3) is 0.125. The number of rotatable bonds is 5. The van der Waals surface area contributed by atoms with E-state index in [4.69, 9.17) is 4.74 Å². The number of hydrogen-bond acceptors (Lipinski definition) is 5. The van der Waals surface area contributed by atoms with Crippen molar-refractivity contribution in [3.05, 3.63) is 59.7 Å². The average molecular weight is 332 g/mol. The van der Waals surface area contributed by atoms with E-state index in [1.165, 1.54) is 30.5 Å². The summed E-state index contributed by atoms with van der Waals surface area (Å²) in [4.78, 5) is 12.1. The van der Waals surface area contributed by atoms with Gasteiger partial charge in [-0.05, 0) is 36.4 Å². The zero-order chi connectivity index (χ0) is 16.9. The van der Waals surface area contributed by atoms with Crippen molar-refractivity contribution in [1.82, 2.24) is 5.43 Å². The molecule has 0 unspecified atom stereocenters. The molecule has 0 aliphatic carbocycles. The topological polar surface area (TPSA) is 84.8 Å². The van der Waals surface area contributed by atoms with Crippen LogP contribution < -0.4 is 10.2 Å². The molecule has 2 rings (SSSR count). The first kappa shape index (κ1) is 16.7. The lowest BCUT2D eigenvalue weighted by Gasteiger charge is -2.04. The summed E-state index contributed by atoms with van der Waals surface area (Å²) in [6.07, 6.45) is 2.58. The molecule has 0 aromatic heterocycles. The molecule has 0 aliphatic heterocycles. The first-order valence-corrected chi connectivity index (χ1v) is 8.57. The van der Waals surface area contributed by atoms with E-state index in [9.17, 15) is 13.2 Å². The number of carbonyl (C=O) groups is 1. The second kappa shape index (κ2) is 7.06. The van der Waals surface area contributed by atoms with Crippen LogP contribution >= 0.6 is 0 Å². The van der Waals surface area contributed by atoms with Gasteiger partial charge in [0.05, 0.1) is 18.2 Å². The van der Waals surface area contributed by atoms with Crippen molar-refractivity contribution in [3.63, 3.8) is 0 Å².